The molecule has 0 fully saturated rings. The SMILES string of the molecule is CC(=O)Oc1ccc(C2=NC(CC#N)(c3ccccc3)CC2)cc1. The zero-order valence-electron chi connectivity index (χ0n) is 13.5. The summed E-state index contributed by atoms with van der Waals surface area (Å²) in [5, 5.41) is 9.26. The van der Waals surface area contributed by atoms with Gasteiger partial charge in [0.1, 0.15) is 5.75 Å². The second-order valence-electron chi connectivity index (χ2n) is 5.91. The Morgan fingerprint density at radius 3 is 2.54 bits per heavy atom. The Morgan fingerprint density at radius 1 is 1.21 bits per heavy atom. The van der Waals surface area contributed by atoms with Crippen LogP contribution in [0.5, 0.6) is 5.75 Å². The quantitative estimate of drug-likeness (QED) is 0.632. The maximum atomic E-state index is 11.0. The van der Waals surface area contributed by atoms with Crippen LogP contribution < -0.4 is 4.74 Å². The maximum Gasteiger partial charge on any atom is 0.308 e. The van der Waals surface area contributed by atoms with E-state index < -0.39 is 5.54 Å². The lowest BCUT2D eigenvalue weighted by molar-refractivity contribution is -0.131. The summed E-state index contributed by atoms with van der Waals surface area (Å²) in [7, 11) is 0. The van der Waals surface area contributed by atoms with E-state index in [0.29, 0.717) is 12.2 Å². The minimum Gasteiger partial charge on any atom is -0.427 e. The van der Waals surface area contributed by atoms with Gasteiger partial charge in [-0.15, -0.1) is 0 Å². The summed E-state index contributed by atoms with van der Waals surface area (Å²) in [5.74, 6) is 0.189. The van der Waals surface area contributed by atoms with Crippen molar-refractivity contribution < 1.29 is 9.53 Å². The monoisotopic (exact) mass is 318 g/mol. The third-order valence-electron chi connectivity index (χ3n) is 4.26. The van der Waals surface area contributed by atoms with Crippen molar-refractivity contribution in [1.29, 1.82) is 5.26 Å². The number of carbonyl (C=O) groups is 1. The molecule has 0 spiro atoms. The second-order valence-corrected chi connectivity index (χ2v) is 5.91. The molecule has 1 atom stereocenters. The van der Waals surface area contributed by atoms with Gasteiger partial charge >= 0.3 is 5.97 Å². The number of ether oxygens (including phenoxy) is 1. The van der Waals surface area contributed by atoms with Crippen LogP contribution in [0.2, 0.25) is 0 Å². The number of carbonyl (C=O) groups excluding carboxylic acids is 1. The molecule has 4 nitrogen and oxygen atoms in total. The van der Waals surface area contributed by atoms with Crippen LogP contribution in [0.4, 0.5) is 0 Å². The van der Waals surface area contributed by atoms with Gasteiger partial charge in [0.25, 0.3) is 0 Å². The van der Waals surface area contributed by atoms with Crippen molar-refractivity contribution in [1.82, 2.24) is 0 Å². The smallest absolute Gasteiger partial charge is 0.308 e. The van der Waals surface area contributed by atoms with Gasteiger partial charge in [-0.25, -0.2) is 0 Å². The first-order valence-corrected chi connectivity index (χ1v) is 7.93. The van der Waals surface area contributed by atoms with E-state index in [1.165, 1.54) is 6.92 Å². The molecular weight excluding hydrogens is 300 g/mol. The molecule has 0 aromatic heterocycles. The Bertz CT molecular complexity index is 804. The van der Waals surface area contributed by atoms with E-state index >= 15 is 0 Å². The van der Waals surface area contributed by atoms with Crippen LogP contribution in [0.1, 0.15) is 37.3 Å². The third kappa shape index (κ3) is 3.21. The van der Waals surface area contributed by atoms with Gasteiger partial charge < -0.3 is 4.74 Å². The number of aliphatic imine (C=N–C) groups is 1. The zero-order valence-corrected chi connectivity index (χ0v) is 13.5. The molecule has 2 aromatic carbocycles. The number of hydrogen-bond acceptors (Lipinski definition) is 4. The molecule has 0 radical (unpaired) electrons. The summed E-state index contributed by atoms with van der Waals surface area (Å²) in [4.78, 5) is 15.9. The minimum atomic E-state index is -0.458. The molecule has 3 rings (SSSR count). The summed E-state index contributed by atoms with van der Waals surface area (Å²) in [6, 6.07) is 19.6. The highest BCUT2D eigenvalue weighted by Crippen LogP contribution is 2.40. The first kappa shape index (κ1) is 15.9. The van der Waals surface area contributed by atoms with Crippen molar-refractivity contribution in [2.45, 2.75) is 31.7 Å². The molecular formula is C20H18N2O2. The lowest BCUT2D eigenvalue weighted by Crippen LogP contribution is -2.19. The number of esters is 1. The molecule has 2 aromatic rings. The van der Waals surface area contributed by atoms with Gasteiger partial charge in [0, 0.05) is 12.6 Å². The van der Waals surface area contributed by atoms with Crippen LogP contribution in [-0.4, -0.2) is 11.7 Å². The van der Waals surface area contributed by atoms with E-state index in [4.69, 9.17) is 9.73 Å². The van der Waals surface area contributed by atoms with Crippen LogP contribution in [0.3, 0.4) is 0 Å². The highest BCUT2D eigenvalue weighted by molar-refractivity contribution is 6.02. The fraction of sp³-hybridized carbons (Fsp3) is 0.250. The van der Waals surface area contributed by atoms with Crippen LogP contribution in [0, 0.1) is 11.3 Å². The molecule has 1 aliphatic heterocycles. The number of nitriles is 1. The summed E-state index contributed by atoms with van der Waals surface area (Å²) >= 11 is 0. The van der Waals surface area contributed by atoms with Crippen molar-refractivity contribution in [3.63, 3.8) is 0 Å². The first-order valence-electron chi connectivity index (χ1n) is 7.93. The van der Waals surface area contributed by atoms with Gasteiger partial charge in [-0.1, -0.05) is 30.3 Å². The first-order chi connectivity index (χ1) is 11.6. The predicted octanol–water partition coefficient (Wildman–Crippen LogP) is 4.00. The number of rotatable bonds is 4. The Morgan fingerprint density at radius 2 is 1.92 bits per heavy atom. The molecule has 120 valence electrons. The van der Waals surface area contributed by atoms with Gasteiger partial charge in [-0.05, 0) is 48.2 Å². The second kappa shape index (κ2) is 6.67. The Kier molecular flexibility index (Phi) is 4.43. The van der Waals surface area contributed by atoms with E-state index in [1.807, 2.05) is 42.5 Å². The van der Waals surface area contributed by atoms with Crippen LogP contribution in [0.25, 0.3) is 0 Å². The summed E-state index contributed by atoms with van der Waals surface area (Å²) in [5.41, 5.74) is 2.61. The molecule has 0 bridgehead atoms. The summed E-state index contributed by atoms with van der Waals surface area (Å²) in [6.45, 7) is 1.38. The van der Waals surface area contributed by atoms with Crippen molar-refractivity contribution >= 4 is 11.7 Å². The van der Waals surface area contributed by atoms with Crippen molar-refractivity contribution in [3.8, 4) is 11.8 Å². The molecule has 24 heavy (non-hydrogen) atoms. The number of nitrogens with zero attached hydrogens (tertiary/aromatic N) is 2. The van der Waals surface area contributed by atoms with Gasteiger partial charge in [0.2, 0.25) is 0 Å². The lowest BCUT2D eigenvalue weighted by Gasteiger charge is -2.23. The Labute approximate surface area is 141 Å². The lowest BCUT2D eigenvalue weighted by atomic mass is 9.85. The molecule has 0 saturated carbocycles. The Hall–Kier alpha value is -2.93. The molecule has 0 amide bonds. The highest BCUT2D eigenvalue weighted by atomic mass is 16.5. The van der Waals surface area contributed by atoms with E-state index in [2.05, 4.69) is 6.07 Å². The van der Waals surface area contributed by atoms with Crippen molar-refractivity contribution in [2.75, 3.05) is 0 Å². The fourth-order valence-corrected chi connectivity index (χ4v) is 3.10. The largest absolute Gasteiger partial charge is 0.427 e. The fourth-order valence-electron chi connectivity index (χ4n) is 3.10. The molecule has 4 heteroatoms. The topological polar surface area (TPSA) is 62.4 Å². The predicted molar refractivity (Wildman–Crippen MR) is 91.9 cm³/mol. The number of benzene rings is 2. The average molecular weight is 318 g/mol. The van der Waals surface area contributed by atoms with Crippen LogP contribution in [-0.2, 0) is 10.3 Å². The third-order valence-corrected chi connectivity index (χ3v) is 4.26. The average Bonchev–Trinajstić information content (AvgIpc) is 3.02. The maximum absolute atomic E-state index is 11.0. The van der Waals surface area contributed by atoms with E-state index in [9.17, 15) is 10.1 Å². The van der Waals surface area contributed by atoms with Crippen LogP contribution in [0.15, 0.2) is 59.6 Å². The van der Waals surface area contributed by atoms with Crippen molar-refractivity contribution in [3.05, 3.63) is 65.7 Å². The molecule has 0 aliphatic carbocycles. The standard InChI is InChI=1S/C20H18N2O2/c1-15(23)24-18-9-7-16(8-10-18)19-11-12-20(22-19,13-14-21)17-5-3-2-4-6-17/h2-10H,11-13H2,1H3. The minimum absolute atomic E-state index is 0.335. The molecule has 1 unspecified atom stereocenters. The zero-order chi connectivity index (χ0) is 17.0. The van der Waals surface area contributed by atoms with Gasteiger partial charge in [-0.3, -0.25) is 9.79 Å². The van der Waals surface area contributed by atoms with E-state index in [1.54, 1.807) is 12.1 Å². The van der Waals surface area contributed by atoms with Gasteiger partial charge in [-0.2, -0.15) is 5.26 Å². The molecule has 0 N–H and O–H groups in total. The Balaban J connectivity index is 1.91. The number of hydrogen-bond donors (Lipinski definition) is 0. The summed E-state index contributed by atoms with van der Waals surface area (Å²) < 4.78 is 5.06. The van der Waals surface area contributed by atoms with Gasteiger partial charge in [0.05, 0.1) is 18.0 Å². The van der Waals surface area contributed by atoms with E-state index in [0.717, 1.165) is 29.7 Å². The van der Waals surface area contributed by atoms with E-state index in [-0.39, 0.29) is 5.97 Å². The van der Waals surface area contributed by atoms with Gasteiger partial charge in [0.15, 0.2) is 0 Å². The van der Waals surface area contributed by atoms with Crippen molar-refractivity contribution in [2.24, 2.45) is 4.99 Å². The molecule has 1 heterocycles. The summed E-state index contributed by atoms with van der Waals surface area (Å²) in [6.07, 6.45) is 2.02. The normalized spacial score (nSPS) is 19.4. The van der Waals surface area contributed by atoms with Crippen LogP contribution >= 0.6 is 0 Å². The molecule has 1 aliphatic rings. The highest BCUT2D eigenvalue weighted by Gasteiger charge is 2.36. The molecule has 0 saturated heterocycles.